The minimum atomic E-state index is -0.765. The fraction of sp³-hybridized carbons (Fsp3) is 0.545. The maximum absolute atomic E-state index is 12.8. The van der Waals surface area contributed by atoms with Crippen molar-refractivity contribution in [2.24, 2.45) is 11.8 Å². The van der Waals surface area contributed by atoms with Crippen LogP contribution >= 0.6 is 0 Å². The van der Waals surface area contributed by atoms with Crippen molar-refractivity contribution in [3.05, 3.63) is 35.9 Å². The molecule has 0 saturated carbocycles. The molecule has 1 heterocycles. The van der Waals surface area contributed by atoms with Gasteiger partial charge in [0.2, 0.25) is 5.91 Å². The molecule has 5 nitrogen and oxygen atoms in total. The molecule has 0 bridgehead atoms. The largest absolute Gasteiger partial charge is 0.509 e. The summed E-state index contributed by atoms with van der Waals surface area (Å²) in [6.07, 6.45) is 1.15. The second kappa shape index (κ2) is 10.0. The molecule has 1 fully saturated rings. The van der Waals surface area contributed by atoms with Crippen LogP contribution in [0.1, 0.15) is 51.7 Å². The Kier molecular flexibility index (Phi) is 7.72. The average Bonchev–Trinajstić information content (AvgIpc) is 2.91. The number of carbonyl (C=O) groups is 2. The minimum Gasteiger partial charge on any atom is -0.432 e. The lowest BCUT2D eigenvalue weighted by atomic mass is 9.86. The molecule has 3 atom stereocenters. The quantitative estimate of drug-likeness (QED) is 0.427. The van der Waals surface area contributed by atoms with Crippen LogP contribution in [0.4, 0.5) is 4.79 Å². The van der Waals surface area contributed by atoms with Gasteiger partial charge in [-0.15, -0.1) is 5.92 Å². The monoisotopic (exact) mass is 371 g/mol. The number of ether oxygens (including phenoxy) is 2. The predicted molar refractivity (Wildman–Crippen MR) is 104 cm³/mol. The van der Waals surface area contributed by atoms with Crippen molar-refractivity contribution >= 4 is 12.1 Å². The van der Waals surface area contributed by atoms with Gasteiger partial charge in [0.05, 0.1) is 17.9 Å². The molecule has 5 heteroatoms. The summed E-state index contributed by atoms with van der Waals surface area (Å²) in [6.45, 7) is 6.18. The van der Waals surface area contributed by atoms with Gasteiger partial charge in [-0.2, -0.15) is 0 Å². The predicted octanol–water partition coefficient (Wildman–Crippen LogP) is 4.19. The van der Waals surface area contributed by atoms with Crippen molar-refractivity contribution < 1.29 is 19.1 Å². The van der Waals surface area contributed by atoms with Crippen LogP contribution in [0.25, 0.3) is 0 Å². The van der Waals surface area contributed by atoms with Crippen LogP contribution in [0.2, 0.25) is 0 Å². The van der Waals surface area contributed by atoms with Crippen molar-refractivity contribution in [2.75, 3.05) is 13.6 Å². The van der Waals surface area contributed by atoms with Crippen molar-refractivity contribution in [1.82, 2.24) is 4.90 Å². The smallest absolute Gasteiger partial charge is 0.432 e. The summed E-state index contributed by atoms with van der Waals surface area (Å²) in [5.74, 6) is 5.66. The number of hydrogen-bond acceptors (Lipinski definition) is 4. The second-order valence-electron chi connectivity index (χ2n) is 7.14. The van der Waals surface area contributed by atoms with E-state index in [2.05, 4.69) is 18.8 Å². The van der Waals surface area contributed by atoms with E-state index >= 15 is 0 Å². The highest BCUT2D eigenvalue weighted by atomic mass is 16.7. The van der Waals surface area contributed by atoms with Gasteiger partial charge in [0.1, 0.15) is 6.10 Å². The average molecular weight is 371 g/mol. The Morgan fingerprint density at radius 3 is 2.59 bits per heavy atom. The van der Waals surface area contributed by atoms with E-state index in [-0.39, 0.29) is 17.9 Å². The first-order valence-electron chi connectivity index (χ1n) is 9.59. The molecule has 0 radical (unpaired) electrons. The van der Waals surface area contributed by atoms with E-state index in [0.717, 1.165) is 24.8 Å². The van der Waals surface area contributed by atoms with Crippen LogP contribution in [-0.4, -0.2) is 36.7 Å². The van der Waals surface area contributed by atoms with E-state index in [1.54, 1.807) is 25.8 Å². The molecule has 1 aromatic carbocycles. The second-order valence-corrected chi connectivity index (χ2v) is 7.14. The molecule has 1 aliphatic rings. The summed E-state index contributed by atoms with van der Waals surface area (Å²) in [4.78, 5) is 26.7. The standard InChI is InChI=1S/C22H29NO4/c1-5-6-7-9-14-18-15-23(4)21(24)19(18)20(17-12-10-8-11-13-17)27-22(25)26-16(2)3/h8,10-13,16,18-20H,5-7,15H2,1-4H3/t18-,19?,20?/m1/s1. The van der Waals surface area contributed by atoms with Gasteiger partial charge >= 0.3 is 6.16 Å². The van der Waals surface area contributed by atoms with E-state index in [0.29, 0.717) is 6.54 Å². The molecular formula is C22H29NO4. The van der Waals surface area contributed by atoms with Gasteiger partial charge in [0.25, 0.3) is 0 Å². The van der Waals surface area contributed by atoms with E-state index in [4.69, 9.17) is 9.47 Å². The number of benzene rings is 1. The summed E-state index contributed by atoms with van der Waals surface area (Å²) in [5, 5.41) is 0. The molecule has 2 unspecified atom stereocenters. The molecule has 0 N–H and O–H groups in total. The van der Waals surface area contributed by atoms with Crippen molar-refractivity contribution in [2.45, 2.75) is 52.2 Å². The molecule has 1 saturated heterocycles. The van der Waals surface area contributed by atoms with Crippen LogP contribution in [0.3, 0.4) is 0 Å². The van der Waals surface area contributed by atoms with Gasteiger partial charge in [-0.3, -0.25) is 4.79 Å². The van der Waals surface area contributed by atoms with Crippen molar-refractivity contribution in [3.63, 3.8) is 0 Å². The number of amides is 1. The van der Waals surface area contributed by atoms with Crippen LogP contribution in [0.5, 0.6) is 0 Å². The zero-order chi connectivity index (χ0) is 19.8. The molecule has 1 amide bonds. The summed E-state index contributed by atoms with van der Waals surface area (Å²) >= 11 is 0. The zero-order valence-electron chi connectivity index (χ0n) is 16.6. The summed E-state index contributed by atoms with van der Waals surface area (Å²) in [7, 11) is 1.76. The number of unbranched alkanes of at least 4 members (excludes halogenated alkanes) is 2. The minimum absolute atomic E-state index is 0.0593. The molecule has 0 aliphatic carbocycles. The van der Waals surface area contributed by atoms with Crippen LogP contribution in [0, 0.1) is 23.7 Å². The highest BCUT2D eigenvalue weighted by Crippen LogP contribution is 2.37. The summed E-state index contributed by atoms with van der Waals surface area (Å²) < 4.78 is 10.8. The van der Waals surface area contributed by atoms with Crippen molar-refractivity contribution in [3.8, 4) is 11.8 Å². The normalized spacial score (nSPS) is 20.2. The van der Waals surface area contributed by atoms with Gasteiger partial charge in [-0.25, -0.2) is 4.79 Å². The van der Waals surface area contributed by atoms with Gasteiger partial charge < -0.3 is 14.4 Å². The fourth-order valence-corrected chi connectivity index (χ4v) is 3.18. The zero-order valence-corrected chi connectivity index (χ0v) is 16.6. The lowest BCUT2D eigenvalue weighted by Crippen LogP contribution is -2.30. The van der Waals surface area contributed by atoms with E-state index in [9.17, 15) is 9.59 Å². The third-order valence-electron chi connectivity index (χ3n) is 4.52. The van der Waals surface area contributed by atoms with E-state index < -0.39 is 18.2 Å². The summed E-state index contributed by atoms with van der Waals surface area (Å²) in [5.41, 5.74) is 0.771. The molecule has 146 valence electrons. The SMILES string of the molecule is CCCCC#C[C@@H]1CN(C)C(=O)C1C(OC(=O)OC(C)C)c1ccccc1. The number of likely N-dealkylation sites (tertiary alicyclic amines) is 1. The van der Waals surface area contributed by atoms with Crippen molar-refractivity contribution in [1.29, 1.82) is 0 Å². The molecular weight excluding hydrogens is 342 g/mol. The number of carbonyl (C=O) groups excluding carboxylic acids is 2. The topological polar surface area (TPSA) is 55.8 Å². The maximum Gasteiger partial charge on any atom is 0.509 e. The van der Waals surface area contributed by atoms with Gasteiger partial charge in [0, 0.05) is 20.0 Å². The highest BCUT2D eigenvalue weighted by molar-refractivity contribution is 5.83. The third kappa shape index (κ3) is 5.75. The Bertz CT molecular complexity index is 689. The Balaban J connectivity index is 2.30. The molecule has 27 heavy (non-hydrogen) atoms. The Hall–Kier alpha value is -2.48. The third-order valence-corrected chi connectivity index (χ3v) is 4.52. The van der Waals surface area contributed by atoms with E-state index in [1.165, 1.54) is 0 Å². The Morgan fingerprint density at radius 1 is 1.26 bits per heavy atom. The fourth-order valence-electron chi connectivity index (χ4n) is 3.18. The number of nitrogens with zero attached hydrogens (tertiary/aromatic N) is 1. The first kappa shape index (κ1) is 20.8. The molecule has 1 aliphatic heterocycles. The first-order valence-corrected chi connectivity index (χ1v) is 9.59. The van der Waals surface area contributed by atoms with Gasteiger partial charge in [0.15, 0.2) is 0 Å². The van der Waals surface area contributed by atoms with Crippen LogP contribution in [-0.2, 0) is 14.3 Å². The van der Waals surface area contributed by atoms with Gasteiger partial charge in [-0.1, -0.05) is 49.6 Å². The number of hydrogen-bond donors (Lipinski definition) is 0. The molecule has 0 aromatic heterocycles. The highest BCUT2D eigenvalue weighted by Gasteiger charge is 2.45. The van der Waals surface area contributed by atoms with Crippen LogP contribution < -0.4 is 0 Å². The number of rotatable bonds is 6. The van der Waals surface area contributed by atoms with Gasteiger partial charge in [-0.05, 0) is 25.8 Å². The Labute approximate surface area is 162 Å². The summed E-state index contributed by atoms with van der Waals surface area (Å²) in [6, 6.07) is 9.34. The molecule has 1 aromatic rings. The molecule has 0 spiro atoms. The Morgan fingerprint density at radius 2 is 1.96 bits per heavy atom. The molecule has 2 rings (SSSR count). The lowest BCUT2D eigenvalue weighted by molar-refractivity contribution is -0.134. The first-order chi connectivity index (χ1) is 12.9. The van der Waals surface area contributed by atoms with E-state index in [1.807, 2.05) is 30.3 Å². The van der Waals surface area contributed by atoms with Crippen LogP contribution in [0.15, 0.2) is 30.3 Å². The maximum atomic E-state index is 12.8. The lowest BCUT2D eigenvalue weighted by Gasteiger charge is -2.25.